The van der Waals surface area contributed by atoms with Gasteiger partial charge in [-0.2, -0.15) is 0 Å². The molecule has 0 bridgehead atoms. The third-order valence-electron chi connectivity index (χ3n) is 1.90. The average Bonchev–Trinajstić information content (AvgIpc) is 2.61. The van der Waals surface area contributed by atoms with Crippen LogP contribution in [0.1, 0.15) is 26.7 Å². The smallest absolute Gasteiger partial charge is 0.149 e. The Morgan fingerprint density at radius 3 is 2.27 bits per heavy atom. The Hall–Kier alpha value is 0.677. The van der Waals surface area contributed by atoms with E-state index in [4.69, 9.17) is 37.1 Å². The molecule has 0 aromatic carbocycles. The van der Waals surface area contributed by atoms with Gasteiger partial charge < -0.3 is 13.9 Å². The van der Waals surface area contributed by atoms with Crippen LogP contribution in [0.5, 0.6) is 0 Å². The Bertz CT molecular complexity index is 139. The molecule has 1 saturated heterocycles. The standard InChI is InChI=1S/C5H14O2Si.C4H6Cl2O/c1-3-5(7-8)6-4-2;5-3-1-2-7-4(3)6/h5H,3-4H2,1-2,8H3;3-4H,1-2H2. The van der Waals surface area contributed by atoms with Crippen molar-refractivity contribution in [2.45, 2.75) is 43.9 Å². The molecule has 1 aliphatic rings. The molecule has 1 rings (SSSR count). The number of rotatable bonds is 4. The molecule has 3 atom stereocenters. The van der Waals surface area contributed by atoms with Crippen molar-refractivity contribution in [1.29, 1.82) is 0 Å². The van der Waals surface area contributed by atoms with Gasteiger partial charge in [-0.25, -0.2) is 0 Å². The van der Waals surface area contributed by atoms with Gasteiger partial charge in [0.2, 0.25) is 0 Å². The lowest BCUT2D eigenvalue weighted by Gasteiger charge is -2.11. The molecule has 3 unspecified atom stereocenters. The van der Waals surface area contributed by atoms with Gasteiger partial charge in [0.1, 0.15) is 22.3 Å². The molecule has 6 heteroatoms. The fourth-order valence-corrected chi connectivity index (χ4v) is 1.91. The van der Waals surface area contributed by atoms with Crippen LogP contribution < -0.4 is 0 Å². The number of hydrogen-bond acceptors (Lipinski definition) is 3. The van der Waals surface area contributed by atoms with E-state index in [0.717, 1.165) is 29.9 Å². The van der Waals surface area contributed by atoms with Crippen molar-refractivity contribution in [2.24, 2.45) is 0 Å². The summed E-state index contributed by atoms with van der Waals surface area (Å²) < 4.78 is 15.1. The minimum Gasteiger partial charge on any atom is -0.404 e. The Balaban J connectivity index is 0.000000262. The first kappa shape index (κ1) is 15.7. The first-order valence-corrected chi connectivity index (χ1v) is 6.88. The summed E-state index contributed by atoms with van der Waals surface area (Å²) in [6.07, 6.45) is 1.90. The van der Waals surface area contributed by atoms with E-state index in [1.165, 1.54) is 0 Å². The second-order valence-corrected chi connectivity index (χ2v) is 4.52. The van der Waals surface area contributed by atoms with Crippen LogP contribution in [-0.4, -0.2) is 40.9 Å². The summed E-state index contributed by atoms with van der Waals surface area (Å²) >= 11 is 11.1. The van der Waals surface area contributed by atoms with Gasteiger partial charge in [0.05, 0.1) is 12.0 Å². The monoisotopic (exact) mass is 274 g/mol. The van der Waals surface area contributed by atoms with Crippen molar-refractivity contribution < 1.29 is 13.9 Å². The lowest BCUT2D eigenvalue weighted by atomic mass is 10.4. The van der Waals surface area contributed by atoms with Crippen LogP contribution in [0, 0.1) is 0 Å². The normalized spacial score (nSPS) is 27.2. The molecule has 0 aromatic rings. The molecule has 0 aliphatic carbocycles. The fraction of sp³-hybridized carbons (Fsp3) is 1.00. The van der Waals surface area contributed by atoms with E-state index in [-0.39, 0.29) is 17.2 Å². The number of ether oxygens (including phenoxy) is 2. The summed E-state index contributed by atoms with van der Waals surface area (Å²) in [7, 11) is 0.771. The highest BCUT2D eigenvalue weighted by Crippen LogP contribution is 2.21. The van der Waals surface area contributed by atoms with E-state index in [1.807, 2.05) is 6.92 Å². The summed E-state index contributed by atoms with van der Waals surface area (Å²) in [6, 6.07) is 0. The zero-order valence-corrected chi connectivity index (χ0v) is 13.1. The predicted molar refractivity (Wildman–Crippen MR) is 66.6 cm³/mol. The fourth-order valence-electron chi connectivity index (χ4n) is 1.07. The Morgan fingerprint density at radius 2 is 2.13 bits per heavy atom. The van der Waals surface area contributed by atoms with Crippen molar-refractivity contribution in [3.8, 4) is 0 Å². The van der Waals surface area contributed by atoms with E-state index < -0.39 is 0 Å². The van der Waals surface area contributed by atoms with Gasteiger partial charge in [0.15, 0.2) is 0 Å². The Labute approximate surface area is 105 Å². The summed E-state index contributed by atoms with van der Waals surface area (Å²) in [5.41, 5.74) is -0.248. The first-order valence-electron chi connectivity index (χ1n) is 5.19. The SMILES string of the molecule is CCOC(CC)O[SiH3].ClC1CCOC1Cl. The molecule has 0 radical (unpaired) electrons. The van der Waals surface area contributed by atoms with E-state index in [1.54, 1.807) is 0 Å². The van der Waals surface area contributed by atoms with Crippen molar-refractivity contribution in [3.63, 3.8) is 0 Å². The molecule has 0 N–H and O–H groups in total. The highest BCUT2D eigenvalue weighted by atomic mass is 35.5. The van der Waals surface area contributed by atoms with E-state index in [9.17, 15) is 0 Å². The van der Waals surface area contributed by atoms with Crippen LogP contribution in [0.4, 0.5) is 0 Å². The largest absolute Gasteiger partial charge is 0.404 e. The molecule has 1 heterocycles. The maximum atomic E-state index is 5.61. The summed E-state index contributed by atoms with van der Waals surface area (Å²) in [6.45, 7) is 5.49. The van der Waals surface area contributed by atoms with Crippen LogP contribution in [0.3, 0.4) is 0 Å². The predicted octanol–water partition coefficient (Wildman–Crippen LogP) is 1.63. The average molecular weight is 275 g/mol. The second kappa shape index (κ2) is 9.87. The van der Waals surface area contributed by atoms with Gasteiger partial charge in [-0.1, -0.05) is 18.5 Å². The van der Waals surface area contributed by atoms with Crippen molar-refractivity contribution in [3.05, 3.63) is 0 Å². The lowest BCUT2D eigenvalue weighted by Crippen LogP contribution is -2.13. The second-order valence-electron chi connectivity index (χ2n) is 3.06. The van der Waals surface area contributed by atoms with Crippen LogP contribution in [0.15, 0.2) is 0 Å². The Kier molecular flexibility index (Phi) is 10.3. The molecule has 15 heavy (non-hydrogen) atoms. The number of alkyl halides is 2. The third kappa shape index (κ3) is 7.55. The molecule has 92 valence electrons. The van der Waals surface area contributed by atoms with Gasteiger partial charge in [-0.05, 0) is 19.8 Å². The van der Waals surface area contributed by atoms with Crippen LogP contribution in [0.25, 0.3) is 0 Å². The zero-order chi connectivity index (χ0) is 11.7. The van der Waals surface area contributed by atoms with Gasteiger partial charge in [0.25, 0.3) is 0 Å². The molecular weight excluding hydrogens is 255 g/mol. The summed E-state index contributed by atoms with van der Waals surface area (Å²) in [5, 5.41) is 0.0293. The van der Waals surface area contributed by atoms with Gasteiger partial charge in [0, 0.05) is 6.61 Å². The molecule has 0 aromatic heterocycles. The van der Waals surface area contributed by atoms with Crippen molar-refractivity contribution in [1.82, 2.24) is 0 Å². The van der Waals surface area contributed by atoms with E-state index in [2.05, 4.69) is 6.92 Å². The molecule has 0 amide bonds. The minimum atomic E-state index is -0.248. The maximum Gasteiger partial charge on any atom is 0.149 e. The summed E-state index contributed by atoms with van der Waals surface area (Å²) in [5.74, 6) is 0. The van der Waals surface area contributed by atoms with Crippen LogP contribution >= 0.6 is 23.2 Å². The van der Waals surface area contributed by atoms with Crippen molar-refractivity contribution in [2.75, 3.05) is 13.2 Å². The van der Waals surface area contributed by atoms with Gasteiger partial charge in [-0.3, -0.25) is 0 Å². The maximum absolute atomic E-state index is 5.61. The van der Waals surface area contributed by atoms with E-state index >= 15 is 0 Å². The van der Waals surface area contributed by atoms with E-state index in [0.29, 0.717) is 6.61 Å². The van der Waals surface area contributed by atoms with Crippen LogP contribution in [0.2, 0.25) is 0 Å². The molecule has 1 aliphatic heterocycles. The first-order chi connectivity index (χ1) is 7.15. The molecule has 0 saturated carbocycles. The minimum absolute atomic E-state index is 0.0293. The Morgan fingerprint density at radius 1 is 1.47 bits per heavy atom. The highest BCUT2D eigenvalue weighted by Gasteiger charge is 2.22. The summed E-state index contributed by atoms with van der Waals surface area (Å²) in [4.78, 5) is 0. The highest BCUT2D eigenvalue weighted by molar-refractivity contribution is 6.29. The molecule has 3 nitrogen and oxygen atoms in total. The lowest BCUT2D eigenvalue weighted by molar-refractivity contribution is -0.0729. The molecule has 1 fully saturated rings. The topological polar surface area (TPSA) is 27.7 Å². The number of halogens is 2. The molecule has 0 spiro atoms. The third-order valence-corrected chi connectivity index (χ3v) is 3.44. The zero-order valence-electron chi connectivity index (χ0n) is 9.54. The van der Waals surface area contributed by atoms with Crippen LogP contribution in [-0.2, 0) is 13.9 Å². The quantitative estimate of drug-likeness (QED) is 0.443. The number of hydrogen-bond donors (Lipinski definition) is 0. The van der Waals surface area contributed by atoms with Crippen molar-refractivity contribution >= 4 is 33.7 Å². The molecular formula is C9H20Cl2O3Si. The van der Waals surface area contributed by atoms with Gasteiger partial charge >= 0.3 is 0 Å². The van der Waals surface area contributed by atoms with Gasteiger partial charge in [-0.15, -0.1) is 11.6 Å².